The molecule has 1 aromatic carbocycles. The zero-order chi connectivity index (χ0) is 12.7. The van der Waals surface area contributed by atoms with Gasteiger partial charge in [0.15, 0.2) is 0 Å². The SMILES string of the molecule is Cl.NCC(=O)CCCNc1ccc([N+](=O)[O-])cc1. The molecule has 18 heavy (non-hydrogen) atoms. The maximum atomic E-state index is 10.9. The van der Waals surface area contributed by atoms with Crippen LogP contribution in [0.15, 0.2) is 24.3 Å². The zero-order valence-corrected chi connectivity index (χ0v) is 10.6. The van der Waals surface area contributed by atoms with Gasteiger partial charge in [-0.3, -0.25) is 14.9 Å². The first-order chi connectivity index (χ1) is 8.13. The lowest BCUT2D eigenvalue weighted by atomic mass is 10.2. The van der Waals surface area contributed by atoms with E-state index in [0.717, 1.165) is 5.69 Å². The van der Waals surface area contributed by atoms with Crippen LogP contribution in [0.4, 0.5) is 11.4 Å². The van der Waals surface area contributed by atoms with E-state index in [1.807, 2.05) is 0 Å². The van der Waals surface area contributed by atoms with Crippen LogP contribution in [0.3, 0.4) is 0 Å². The fourth-order valence-corrected chi connectivity index (χ4v) is 1.32. The van der Waals surface area contributed by atoms with Gasteiger partial charge in [0.1, 0.15) is 5.78 Å². The second-order valence-electron chi connectivity index (χ2n) is 3.58. The van der Waals surface area contributed by atoms with Crippen LogP contribution in [0.25, 0.3) is 0 Å². The van der Waals surface area contributed by atoms with Gasteiger partial charge >= 0.3 is 0 Å². The van der Waals surface area contributed by atoms with Gasteiger partial charge < -0.3 is 11.1 Å². The number of nitrogens with one attached hydrogen (secondary N) is 1. The first-order valence-electron chi connectivity index (χ1n) is 5.33. The Bertz CT molecular complexity index is 395. The average Bonchev–Trinajstić information content (AvgIpc) is 2.34. The smallest absolute Gasteiger partial charge is 0.269 e. The van der Waals surface area contributed by atoms with Gasteiger partial charge in [0.25, 0.3) is 5.69 Å². The molecule has 0 bridgehead atoms. The van der Waals surface area contributed by atoms with Crippen molar-refractivity contribution < 1.29 is 9.72 Å². The number of hydrogen-bond acceptors (Lipinski definition) is 5. The number of anilines is 1. The predicted molar refractivity (Wildman–Crippen MR) is 72.1 cm³/mol. The Kier molecular flexibility index (Phi) is 7.66. The van der Waals surface area contributed by atoms with Gasteiger partial charge in [-0.25, -0.2) is 0 Å². The van der Waals surface area contributed by atoms with Crippen molar-refractivity contribution in [2.45, 2.75) is 12.8 Å². The Morgan fingerprint density at radius 2 is 1.94 bits per heavy atom. The summed E-state index contributed by atoms with van der Waals surface area (Å²) in [6, 6.07) is 6.16. The maximum Gasteiger partial charge on any atom is 0.269 e. The van der Waals surface area contributed by atoms with Gasteiger partial charge in [0.2, 0.25) is 0 Å². The number of carbonyl (C=O) groups excluding carboxylic acids is 1. The molecule has 1 aromatic rings. The van der Waals surface area contributed by atoms with Crippen molar-refractivity contribution in [1.29, 1.82) is 0 Å². The summed E-state index contributed by atoms with van der Waals surface area (Å²) < 4.78 is 0. The molecule has 1 rings (SSSR count). The lowest BCUT2D eigenvalue weighted by Gasteiger charge is -2.05. The van der Waals surface area contributed by atoms with Crippen LogP contribution in [0.1, 0.15) is 12.8 Å². The number of nitrogens with zero attached hydrogens (tertiary/aromatic N) is 1. The Morgan fingerprint density at radius 1 is 1.33 bits per heavy atom. The molecule has 0 unspecified atom stereocenters. The predicted octanol–water partition coefficient (Wildman–Crippen LogP) is 1.74. The third-order valence-corrected chi connectivity index (χ3v) is 2.27. The van der Waals surface area contributed by atoms with Crippen molar-refractivity contribution >= 4 is 29.6 Å². The summed E-state index contributed by atoms with van der Waals surface area (Å²) in [4.78, 5) is 20.9. The maximum absolute atomic E-state index is 10.9. The van der Waals surface area contributed by atoms with E-state index in [-0.39, 0.29) is 30.4 Å². The van der Waals surface area contributed by atoms with Crippen molar-refractivity contribution in [3.8, 4) is 0 Å². The molecule has 6 nitrogen and oxygen atoms in total. The highest BCUT2D eigenvalue weighted by atomic mass is 35.5. The molecule has 0 radical (unpaired) electrons. The molecule has 0 aromatic heterocycles. The van der Waals surface area contributed by atoms with E-state index in [2.05, 4.69) is 5.32 Å². The third kappa shape index (κ3) is 5.60. The minimum Gasteiger partial charge on any atom is -0.385 e. The highest BCUT2D eigenvalue weighted by Crippen LogP contribution is 2.15. The van der Waals surface area contributed by atoms with Gasteiger partial charge in [0.05, 0.1) is 11.5 Å². The molecule has 0 saturated heterocycles. The fraction of sp³-hybridized carbons (Fsp3) is 0.364. The quantitative estimate of drug-likeness (QED) is 0.448. The molecule has 0 aliphatic rings. The number of hydrogen-bond donors (Lipinski definition) is 2. The summed E-state index contributed by atoms with van der Waals surface area (Å²) in [6.07, 6.45) is 1.16. The molecule has 0 fully saturated rings. The van der Waals surface area contributed by atoms with Crippen LogP contribution >= 0.6 is 12.4 Å². The first-order valence-corrected chi connectivity index (χ1v) is 5.33. The van der Waals surface area contributed by atoms with E-state index < -0.39 is 4.92 Å². The lowest BCUT2D eigenvalue weighted by Crippen LogP contribution is -2.14. The van der Waals surface area contributed by atoms with Gasteiger partial charge in [-0.05, 0) is 18.6 Å². The molecule has 0 aliphatic heterocycles. The van der Waals surface area contributed by atoms with Crippen molar-refractivity contribution in [1.82, 2.24) is 0 Å². The molecule has 100 valence electrons. The number of nitrogens with two attached hydrogens (primary N) is 1. The molecule has 0 atom stereocenters. The highest BCUT2D eigenvalue weighted by molar-refractivity contribution is 5.85. The Hall–Kier alpha value is -1.66. The largest absolute Gasteiger partial charge is 0.385 e. The number of non-ortho nitro benzene ring substituents is 1. The van der Waals surface area contributed by atoms with Crippen molar-refractivity contribution in [2.24, 2.45) is 5.73 Å². The number of benzene rings is 1. The fourth-order valence-electron chi connectivity index (χ4n) is 1.32. The highest BCUT2D eigenvalue weighted by Gasteiger charge is 2.03. The number of carbonyl (C=O) groups is 1. The molecule has 0 spiro atoms. The minimum atomic E-state index is -0.441. The summed E-state index contributed by atoms with van der Waals surface area (Å²) in [5.74, 6) is 0.0375. The van der Waals surface area contributed by atoms with E-state index in [1.54, 1.807) is 12.1 Å². The number of Topliss-reactive ketones (excluding diaryl/α,β-unsaturated/α-hetero) is 1. The van der Waals surface area contributed by atoms with E-state index in [1.165, 1.54) is 12.1 Å². The van der Waals surface area contributed by atoms with Crippen LogP contribution in [-0.4, -0.2) is 23.8 Å². The summed E-state index contributed by atoms with van der Waals surface area (Å²) in [6.45, 7) is 0.723. The lowest BCUT2D eigenvalue weighted by molar-refractivity contribution is -0.384. The van der Waals surface area contributed by atoms with E-state index >= 15 is 0 Å². The molecule has 0 amide bonds. The molecule has 0 saturated carbocycles. The topological polar surface area (TPSA) is 98.3 Å². The summed E-state index contributed by atoms with van der Waals surface area (Å²) in [5, 5.41) is 13.5. The summed E-state index contributed by atoms with van der Waals surface area (Å²) >= 11 is 0. The van der Waals surface area contributed by atoms with E-state index in [0.29, 0.717) is 19.4 Å². The Morgan fingerprint density at radius 3 is 2.44 bits per heavy atom. The van der Waals surface area contributed by atoms with Crippen LogP contribution in [0.5, 0.6) is 0 Å². The van der Waals surface area contributed by atoms with Gasteiger partial charge in [-0.2, -0.15) is 0 Å². The molecule has 0 heterocycles. The Labute approximate surface area is 111 Å². The second kappa shape index (κ2) is 8.43. The first kappa shape index (κ1) is 16.3. The van der Waals surface area contributed by atoms with Gasteiger partial charge in [0, 0.05) is 30.8 Å². The van der Waals surface area contributed by atoms with Crippen LogP contribution < -0.4 is 11.1 Å². The zero-order valence-electron chi connectivity index (χ0n) is 9.80. The number of nitro groups is 1. The monoisotopic (exact) mass is 273 g/mol. The minimum absolute atomic E-state index is 0. The van der Waals surface area contributed by atoms with Gasteiger partial charge in [-0.1, -0.05) is 0 Å². The summed E-state index contributed by atoms with van der Waals surface area (Å²) in [7, 11) is 0. The van der Waals surface area contributed by atoms with Crippen LogP contribution in [0.2, 0.25) is 0 Å². The van der Waals surface area contributed by atoms with Crippen molar-refractivity contribution in [3.63, 3.8) is 0 Å². The number of ketones is 1. The molecule has 0 aliphatic carbocycles. The molecular formula is C11H16ClN3O3. The van der Waals surface area contributed by atoms with Crippen LogP contribution in [0, 0.1) is 10.1 Å². The standard InChI is InChI=1S/C11H15N3O3.ClH/c12-8-11(15)2-1-7-13-9-3-5-10(6-4-9)14(16)17;/h3-6,13H,1-2,7-8,12H2;1H. The van der Waals surface area contributed by atoms with Gasteiger partial charge in [-0.15, -0.1) is 12.4 Å². The second-order valence-corrected chi connectivity index (χ2v) is 3.58. The van der Waals surface area contributed by atoms with E-state index in [4.69, 9.17) is 5.73 Å². The molecular weight excluding hydrogens is 258 g/mol. The average molecular weight is 274 g/mol. The van der Waals surface area contributed by atoms with Crippen molar-refractivity contribution in [2.75, 3.05) is 18.4 Å². The van der Waals surface area contributed by atoms with Crippen LogP contribution in [-0.2, 0) is 4.79 Å². The van der Waals surface area contributed by atoms with Crippen molar-refractivity contribution in [3.05, 3.63) is 34.4 Å². The Balaban J connectivity index is 0.00000289. The normalized spacial score (nSPS) is 9.39. The third-order valence-electron chi connectivity index (χ3n) is 2.27. The number of halogens is 1. The summed E-state index contributed by atoms with van der Waals surface area (Å²) in [5.41, 5.74) is 6.04. The number of rotatable bonds is 7. The molecule has 7 heteroatoms. The number of nitro benzene ring substituents is 1. The van der Waals surface area contributed by atoms with E-state index in [9.17, 15) is 14.9 Å². The molecule has 3 N–H and O–H groups in total.